The smallest absolute Gasteiger partial charge is 0.193 e. The molecule has 9 aromatic rings. The second-order valence-electron chi connectivity index (χ2n) is 17.5. The first-order valence-corrected chi connectivity index (χ1v) is 21.5. The van der Waals surface area contributed by atoms with Gasteiger partial charge < -0.3 is 0 Å². The van der Waals surface area contributed by atoms with E-state index in [1.807, 2.05) is 36.4 Å². The summed E-state index contributed by atoms with van der Waals surface area (Å²) in [6, 6.07) is 68.1. The number of carbonyl (C=O) groups excluding carboxylic acids is 2. The molecule has 2 heteroatoms. The second-order valence-corrected chi connectivity index (χ2v) is 17.5. The van der Waals surface area contributed by atoms with Crippen LogP contribution in [0.4, 0.5) is 0 Å². The van der Waals surface area contributed by atoms with Crippen molar-refractivity contribution in [1.29, 1.82) is 0 Å². The van der Waals surface area contributed by atoms with Crippen molar-refractivity contribution in [1.82, 2.24) is 0 Å². The van der Waals surface area contributed by atoms with E-state index in [1.54, 1.807) is 0 Å². The molecule has 0 bridgehead atoms. The fourth-order valence-electron chi connectivity index (χ4n) is 11.9. The van der Waals surface area contributed by atoms with Crippen molar-refractivity contribution >= 4 is 11.6 Å². The summed E-state index contributed by atoms with van der Waals surface area (Å²) < 4.78 is 0. The minimum Gasteiger partial charge on any atom is -0.289 e. The highest BCUT2D eigenvalue weighted by molar-refractivity contribution is 6.13. The van der Waals surface area contributed by atoms with Crippen molar-refractivity contribution in [2.24, 2.45) is 0 Å². The molecule has 0 aromatic heterocycles. The summed E-state index contributed by atoms with van der Waals surface area (Å²) in [5, 5.41) is 0. The van der Waals surface area contributed by atoms with Crippen molar-refractivity contribution in [3.05, 3.63) is 272 Å². The molecule has 0 atom stereocenters. The van der Waals surface area contributed by atoms with E-state index in [0.29, 0.717) is 22.3 Å². The first-order chi connectivity index (χ1) is 30.4. The highest BCUT2D eigenvalue weighted by atomic mass is 16.1. The molecule has 0 N–H and O–H groups in total. The van der Waals surface area contributed by atoms with E-state index in [9.17, 15) is 9.59 Å². The number of hydrogen-bond donors (Lipinski definition) is 0. The van der Waals surface area contributed by atoms with Crippen LogP contribution < -0.4 is 0 Å². The average molecular weight is 791 g/mol. The third-order valence-electron chi connectivity index (χ3n) is 14.4. The van der Waals surface area contributed by atoms with Gasteiger partial charge in [-0.05, 0) is 115 Å². The van der Waals surface area contributed by atoms with Gasteiger partial charge in [0.25, 0.3) is 0 Å². The summed E-state index contributed by atoms with van der Waals surface area (Å²) in [5.74, 6) is -0.139. The molecule has 0 fully saturated rings. The van der Waals surface area contributed by atoms with Crippen LogP contribution in [0.2, 0.25) is 0 Å². The molecule has 0 saturated heterocycles. The lowest BCUT2D eigenvalue weighted by Gasteiger charge is -2.31. The molecule has 0 aliphatic heterocycles. The number of carbonyl (C=O) groups is 2. The second kappa shape index (κ2) is 12.4. The van der Waals surface area contributed by atoms with Crippen molar-refractivity contribution in [2.75, 3.05) is 0 Å². The van der Waals surface area contributed by atoms with E-state index in [0.717, 1.165) is 22.3 Å². The normalized spacial score (nSPS) is 14.4. The lowest BCUT2D eigenvalue weighted by molar-refractivity contribution is 0.102. The van der Waals surface area contributed by atoms with Crippen molar-refractivity contribution in [2.45, 2.75) is 24.7 Å². The van der Waals surface area contributed by atoms with Crippen LogP contribution in [0.3, 0.4) is 0 Å². The fraction of sp³-hybridized carbons (Fsp3) is 0.0667. The van der Waals surface area contributed by atoms with Gasteiger partial charge in [-0.1, -0.05) is 193 Å². The van der Waals surface area contributed by atoms with E-state index in [2.05, 4.69) is 172 Å². The van der Waals surface area contributed by atoms with Crippen molar-refractivity contribution in [3.63, 3.8) is 0 Å². The highest BCUT2D eigenvalue weighted by Crippen LogP contribution is 2.64. The third kappa shape index (κ3) is 4.33. The quantitative estimate of drug-likeness (QED) is 0.166. The fourth-order valence-corrected chi connectivity index (χ4v) is 11.9. The maximum atomic E-state index is 14.6. The molecule has 0 radical (unpaired) electrons. The maximum Gasteiger partial charge on any atom is 0.193 e. The van der Waals surface area contributed by atoms with Crippen LogP contribution in [0, 0.1) is 13.8 Å². The summed E-state index contributed by atoms with van der Waals surface area (Å²) in [5.41, 5.74) is 23.1. The Morgan fingerprint density at radius 1 is 0.274 bits per heavy atom. The van der Waals surface area contributed by atoms with E-state index < -0.39 is 10.8 Å². The number of hydrogen-bond acceptors (Lipinski definition) is 2. The summed E-state index contributed by atoms with van der Waals surface area (Å²) in [7, 11) is 0. The first kappa shape index (κ1) is 35.1. The standard InChI is InChI=1S/C60H38O2/c1-35-19-27-45-46-28-20-36(2)32-54(46)60(53(45)31-35)52-18-10-6-14-44(52)48-30-26-40(34-56(48)60)58(62)38-23-21-37(22-24-38)57(61)39-25-29-47-43-13-5-9-17-51(43)59(55(47)33-39)49-15-7-3-11-41(49)42-12-4-8-16-50(42)59/h3-34H,1-2H3. The summed E-state index contributed by atoms with van der Waals surface area (Å²) in [4.78, 5) is 29.1. The molecule has 0 amide bonds. The van der Waals surface area contributed by atoms with Crippen LogP contribution in [0.1, 0.15) is 87.5 Å². The largest absolute Gasteiger partial charge is 0.289 e. The van der Waals surface area contributed by atoms with Crippen LogP contribution in [0.15, 0.2) is 194 Å². The lowest BCUT2D eigenvalue weighted by Crippen LogP contribution is -2.26. The summed E-state index contributed by atoms with van der Waals surface area (Å²) >= 11 is 0. The Hall–Kier alpha value is -7.68. The van der Waals surface area contributed by atoms with Crippen LogP contribution in [-0.2, 0) is 10.8 Å². The molecule has 2 spiro atoms. The van der Waals surface area contributed by atoms with Gasteiger partial charge in [0.05, 0.1) is 10.8 Å². The Balaban J connectivity index is 0.886. The van der Waals surface area contributed by atoms with E-state index in [-0.39, 0.29) is 11.6 Å². The molecule has 0 heterocycles. The van der Waals surface area contributed by atoms with Crippen molar-refractivity contribution in [3.8, 4) is 44.5 Å². The highest BCUT2D eigenvalue weighted by Gasteiger charge is 2.53. The SMILES string of the molecule is Cc1ccc2c(c1)C1(c3ccccc3-c3ccc(C(=O)c4ccc(C(=O)c5ccc6c(c5)C5(c7ccccc7-c7ccccc75)c5ccccc5-6)cc4)cc31)c1cc(C)ccc1-2. The van der Waals surface area contributed by atoms with Crippen LogP contribution in [0.5, 0.6) is 0 Å². The zero-order valence-corrected chi connectivity index (χ0v) is 34.3. The molecule has 0 saturated carbocycles. The number of aryl methyl sites for hydroxylation is 2. The molecule has 13 rings (SSSR count). The van der Waals surface area contributed by atoms with Gasteiger partial charge in [0, 0.05) is 22.3 Å². The minimum absolute atomic E-state index is 0.0689. The Kier molecular flexibility index (Phi) is 7.04. The molecule has 4 aliphatic rings. The van der Waals surface area contributed by atoms with Gasteiger partial charge in [0.1, 0.15) is 0 Å². The predicted molar refractivity (Wildman–Crippen MR) is 248 cm³/mol. The first-order valence-electron chi connectivity index (χ1n) is 21.5. The zero-order chi connectivity index (χ0) is 41.5. The summed E-state index contributed by atoms with van der Waals surface area (Å²) in [6.07, 6.45) is 0. The summed E-state index contributed by atoms with van der Waals surface area (Å²) in [6.45, 7) is 4.32. The van der Waals surface area contributed by atoms with Crippen LogP contribution in [0.25, 0.3) is 44.5 Å². The number of benzene rings is 9. The monoisotopic (exact) mass is 790 g/mol. The minimum atomic E-state index is -0.542. The number of ketones is 2. The number of rotatable bonds is 4. The molecule has 290 valence electrons. The Morgan fingerprint density at radius 3 is 0.887 bits per heavy atom. The van der Waals surface area contributed by atoms with Gasteiger partial charge in [-0.2, -0.15) is 0 Å². The van der Waals surface area contributed by atoms with Gasteiger partial charge in [0.2, 0.25) is 0 Å². The molecule has 4 aliphatic carbocycles. The molecule has 9 aromatic carbocycles. The molecule has 0 unspecified atom stereocenters. The molecular weight excluding hydrogens is 753 g/mol. The maximum absolute atomic E-state index is 14.6. The van der Waals surface area contributed by atoms with Crippen LogP contribution >= 0.6 is 0 Å². The Labute approximate surface area is 360 Å². The van der Waals surface area contributed by atoms with E-state index >= 15 is 0 Å². The Morgan fingerprint density at radius 2 is 0.532 bits per heavy atom. The van der Waals surface area contributed by atoms with Gasteiger partial charge in [-0.3, -0.25) is 9.59 Å². The zero-order valence-electron chi connectivity index (χ0n) is 34.3. The molecule has 2 nitrogen and oxygen atoms in total. The number of fused-ring (bicyclic) bond motifs is 20. The van der Waals surface area contributed by atoms with Crippen LogP contribution in [-0.4, -0.2) is 11.6 Å². The Bertz CT molecular complexity index is 3360. The van der Waals surface area contributed by atoms with E-state index in [4.69, 9.17) is 0 Å². The van der Waals surface area contributed by atoms with Crippen molar-refractivity contribution < 1.29 is 9.59 Å². The van der Waals surface area contributed by atoms with Gasteiger partial charge in [0.15, 0.2) is 11.6 Å². The molecular formula is C60H38O2. The topological polar surface area (TPSA) is 34.1 Å². The van der Waals surface area contributed by atoms with Gasteiger partial charge in [-0.15, -0.1) is 0 Å². The third-order valence-corrected chi connectivity index (χ3v) is 14.4. The van der Waals surface area contributed by atoms with Gasteiger partial charge >= 0.3 is 0 Å². The van der Waals surface area contributed by atoms with Gasteiger partial charge in [-0.25, -0.2) is 0 Å². The lowest BCUT2D eigenvalue weighted by atomic mass is 9.70. The predicted octanol–water partition coefficient (Wildman–Crippen LogP) is 13.5. The molecule has 62 heavy (non-hydrogen) atoms. The average Bonchev–Trinajstić information content (AvgIpc) is 3.99. The van der Waals surface area contributed by atoms with E-state index in [1.165, 1.54) is 77.9 Å².